The minimum absolute atomic E-state index is 0.243. The summed E-state index contributed by atoms with van der Waals surface area (Å²) in [7, 11) is 0. The molecule has 3 aromatic rings. The van der Waals surface area contributed by atoms with Crippen molar-refractivity contribution in [2.45, 2.75) is 6.92 Å². The number of hydrogen-bond donors (Lipinski definition) is 1. The van der Waals surface area contributed by atoms with Crippen molar-refractivity contribution in [2.75, 3.05) is 0 Å². The Morgan fingerprint density at radius 1 is 1.03 bits per heavy atom. The summed E-state index contributed by atoms with van der Waals surface area (Å²) >= 11 is 19.5. The van der Waals surface area contributed by atoms with Crippen LogP contribution in [0.15, 0.2) is 62.8 Å². The Morgan fingerprint density at radius 2 is 1.79 bits per heavy atom. The zero-order valence-electron chi connectivity index (χ0n) is 15.0. The molecule has 0 saturated carbocycles. The minimum Gasteiger partial charge on any atom is -0.457 e. The number of nitrogens with one attached hydrogen (secondary N) is 1. The van der Waals surface area contributed by atoms with E-state index in [1.54, 1.807) is 48.5 Å². The van der Waals surface area contributed by atoms with Gasteiger partial charge in [-0.05, 0) is 66.7 Å². The maximum atomic E-state index is 12.3. The van der Waals surface area contributed by atoms with Crippen molar-refractivity contribution in [3.05, 3.63) is 79.8 Å². The van der Waals surface area contributed by atoms with Gasteiger partial charge >= 0.3 is 0 Å². The molecule has 146 valence electrons. The lowest BCUT2D eigenvalue weighted by Crippen LogP contribution is -2.19. The maximum Gasteiger partial charge on any atom is 0.264 e. The van der Waals surface area contributed by atoms with Crippen LogP contribution in [0.4, 0.5) is 5.69 Å². The molecule has 0 bridgehead atoms. The highest BCUT2D eigenvalue weighted by atomic mass is 35.5. The molecule has 0 spiro atoms. The third-order valence-corrected chi connectivity index (χ3v) is 5.85. The molecular weight excluding hydrogens is 451 g/mol. The highest BCUT2D eigenvalue weighted by Gasteiger charge is 2.24. The molecule has 1 aromatic heterocycles. The second kappa shape index (κ2) is 8.28. The molecule has 4 rings (SSSR count). The smallest absolute Gasteiger partial charge is 0.264 e. The number of amidine groups is 1. The monoisotopic (exact) mass is 462 g/mol. The second-order valence-electron chi connectivity index (χ2n) is 6.24. The third-order valence-electron chi connectivity index (χ3n) is 4.14. The highest BCUT2D eigenvalue weighted by Crippen LogP contribution is 2.34. The maximum absolute atomic E-state index is 12.3. The summed E-state index contributed by atoms with van der Waals surface area (Å²) in [5, 5.41) is 4.91. The summed E-state index contributed by atoms with van der Waals surface area (Å²) < 4.78 is 5.83. The summed E-state index contributed by atoms with van der Waals surface area (Å²) in [5.41, 5.74) is 2.35. The molecule has 1 fully saturated rings. The van der Waals surface area contributed by atoms with Crippen LogP contribution in [0.2, 0.25) is 15.1 Å². The second-order valence-corrected chi connectivity index (χ2v) is 8.55. The number of rotatable bonds is 3. The van der Waals surface area contributed by atoms with Gasteiger partial charge in [0, 0.05) is 21.7 Å². The molecule has 1 aliphatic heterocycles. The van der Waals surface area contributed by atoms with Gasteiger partial charge in [-0.1, -0.05) is 40.9 Å². The lowest BCUT2D eigenvalue weighted by molar-refractivity contribution is -0.115. The number of aryl methyl sites for hydroxylation is 1. The van der Waals surface area contributed by atoms with Gasteiger partial charge in [-0.2, -0.15) is 0 Å². The number of carbonyl (C=O) groups is 1. The van der Waals surface area contributed by atoms with Gasteiger partial charge in [-0.15, -0.1) is 0 Å². The first-order valence-corrected chi connectivity index (χ1v) is 10.4. The molecule has 2 aromatic carbocycles. The van der Waals surface area contributed by atoms with E-state index in [0.29, 0.717) is 47.9 Å². The normalized spacial score (nSPS) is 16.6. The molecule has 1 aliphatic rings. The Labute approximate surface area is 186 Å². The van der Waals surface area contributed by atoms with Gasteiger partial charge in [-0.25, -0.2) is 4.99 Å². The molecule has 1 saturated heterocycles. The quantitative estimate of drug-likeness (QED) is 0.421. The molecule has 29 heavy (non-hydrogen) atoms. The Kier molecular flexibility index (Phi) is 5.74. The van der Waals surface area contributed by atoms with Crippen LogP contribution >= 0.6 is 46.6 Å². The van der Waals surface area contributed by atoms with E-state index < -0.39 is 0 Å². The number of aliphatic imine (C=N–C) groups is 1. The van der Waals surface area contributed by atoms with Crippen molar-refractivity contribution in [3.63, 3.8) is 0 Å². The molecule has 8 heteroatoms. The third kappa shape index (κ3) is 4.54. The molecule has 0 aliphatic carbocycles. The zero-order chi connectivity index (χ0) is 20.5. The zero-order valence-corrected chi connectivity index (χ0v) is 18.1. The van der Waals surface area contributed by atoms with Crippen LogP contribution in [0.3, 0.4) is 0 Å². The first-order chi connectivity index (χ1) is 13.9. The van der Waals surface area contributed by atoms with Gasteiger partial charge in [0.1, 0.15) is 11.5 Å². The number of halogens is 3. The topological polar surface area (TPSA) is 54.6 Å². The van der Waals surface area contributed by atoms with E-state index in [4.69, 9.17) is 39.2 Å². The molecule has 1 amide bonds. The summed E-state index contributed by atoms with van der Waals surface area (Å²) in [5.74, 6) is 0.845. The predicted octanol–water partition coefficient (Wildman–Crippen LogP) is 7.11. The van der Waals surface area contributed by atoms with E-state index in [0.717, 1.165) is 5.56 Å². The summed E-state index contributed by atoms with van der Waals surface area (Å²) in [6.45, 7) is 1.93. The minimum atomic E-state index is -0.243. The van der Waals surface area contributed by atoms with Gasteiger partial charge in [0.15, 0.2) is 5.17 Å². The number of amides is 1. The van der Waals surface area contributed by atoms with Crippen molar-refractivity contribution in [1.82, 2.24) is 5.32 Å². The van der Waals surface area contributed by atoms with E-state index >= 15 is 0 Å². The predicted molar refractivity (Wildman–Crippen MR) is 121 cm³/mol. The lowest BCUT2D eigenvalue weighted by atomic mass is 10.2. The van der Waals surface area contributed by atoms with Gasteiger partial charge in [-0.3, -0.25) is 4.79 Å². The number of hydrogen-bond acceptors (Lipinski definition) is 4. The summed E-state index contributed by atoms with van der Waals surface area (Å²) in [6.07, 6.45) is 1.66. The van der Waals surface area contributed by atoms with Crippen LogP contribution in [0, 0.1) is 6.92 Å². The SMILES string of the molecule is Cc1ccc(Cl)cc1N=C1NC(=O)/C(=C/c2ccc(-c3cc(Cl)ccc3Cl)o2)S1. The van der Waals surface area contributed by atoms with Gasteiger partial charge in [0.2, 0.25) is 0 Å². The molecule has 0 unspecified atom stereocenters. The van der Waals surface area contributed by atoms with Crippen molar-refractivity contribution < 1.29 is 9.21 Å². The molecule has 0 atom stereocenters. The number of nitrogens with zero attached hydrogens (tertiary/aromatic N) is 1. The Balaban J connectivity index is 1.59. The standard InChI is InChI=1S/C21H13Cl3N2O2S/c1-11-2-3-13(23)9-17(11)25-21-26-20(27)19(29-21)10-14-5-7-18(28-14)15-8-12(22)4-6-16(15)24/h2-10H,1H3,(H,25,26,27)/b19-10-. The van der Waals surface area contributed by atoms with Crippen LogP contribution < -0.4 is 5.32 Å². The van der Waals surface area contributed by atoms with Crippen molar-refractivity contribution in [1.29, 1.82) is 0 Å². The average molecular weight is 464 g/mol. The Bertz CT molecular complexity index is 1180. The first kappa shape index (κ1) is 20.1. The van der Waals surface area contributed by atoms with Crippen LogP contribution in [0.25, 0.3) is 17.4 Å². The molecule has 2 heterocycles. The van der Waals surface area contributed by atoms with Crippen molar-refractivity contribution in [3.8, 4) is 11.3 Å². The van der Waals surface area contributed by atoms with Crippen LogP contribution in [0.5, 0.6) is 0 Å². The van der Waals surface area contributed by atoms with Crippen LogP contribution in [0.1, 0.15) is 11.3 Å². The van der Waals surface area contributed by atoms with E-state index in [1.807, 2.05) is 13.0 Å². The number of furan rings is 1. The Hall–Kier alpha value is -2.18. The number of carbonyl (C=O) groups excluding carboxylic acids is 1. The summed E-state index contributed by atoms with van der Waals surface area (Å²) in [6, 6.07) is 14.1. The Morgan fingerprint density at radius 3 is 2.62 bits per heavy atom. The molecule has 0 radical (unpaired) electrons. The van der Waals surface area contributed by atoms with Crippen LogP contribution in [-0.4, -0.2) is 11.1 Å². The largest absolute Gasteiger partial charge is 0.457 e. The molecular formula is C21H13Cl3N2O2S. The molecule has 1 N–H and O–H groups in total. The van der Waals surface area contributed by atoms with Gasteiger partial charge < -0.3 is 9.73 Å². The fourth-order valence-electron chi connectivity index (χ4n) is 2.68. The van der Waals surface area contributed by atoms with E-state index in [1.165, 1.54) is 11.8 Å². The van der Waals surface area contributed by atoms with Crippen molar-refractivity contribution >= 4 is 69.4 Å². The average Bonchev–Trinajstić information content (AvgIpc) is 3.27. The van der Waals surface area contributed by atoms with Crippen LogP contribution in [-0.2, 0) is 4.79 Å². The van der Waals surface area contributed by atoms with E-state index in [2.05, 4.69) is 10.3 Å². The number of thioether (sulfide) groups is 1. The summed E-state index contributed by atoms with van der Waals surface area (Å²) in [4.78, 5) is 17.3. The fraction of sp³-hybridized carbons (Fsp3) is 0.0476. The fourth-order valence-corrected chi connectivity index (χ4v) is 4.05. The molecule has 4 nitrogen and oxygen atoms in total. The first-order valence-electron chi connectivity index (χ1n) is 8.50. The lowest BCUT2D eigenvalue weighted by Gasteiger charge is -2.01. The van der Waals surface area contributed by atoms with Gasteiger partial charge in [0.05, 0.1) is 15.6 Å². The van der Waals surface area contributed by atoms with Gasteiger partial charge in [0.25, 0.3) is 5.91 Å². The number of benzene rings is 2. The van der Waals surface area contributed by atoms with Crippen molar-refractivity contribution in [2.24, 2.45) is 4.99 Å². The highest BCUT2D eigenvalue weighted by molar-refractivity contribution is 8.18. The van der Waals surface area contributed by atoms with E-state index in [-0.39, 0.29) is 5.91 Å². The van der Waals surface area contributed by atoms with E-state index in [9.17, 15) is 4.79 Å².